The van der Waals surface area contributed by atoms with E-state index >= 15 is 0 Å². The molecule has 0 aliphatic rings. The highest BCUT2D eigenvalue weighted by Crippen LogP contribution is 2.24. The molecule has 0 fully saturated rings. The zero-order chi connectivity index (χ0) is 18.5. The van der Waals surface area contributed by atoms with E-state index in [9.17, 15) is 0 Å². The van der Waals surface area contributed by atoms with Crippen LogP contribution in [0, 0.1) is 25.2 Å². The lowest BCUT2D eigenvalue weighted by Crippen LogP contribution is -2.46. The quantitative estimate of drug-likeness (QED) is 0.367. The summed E-state index contributed by atoms with van der Waals surface area (Å²) in [5, 5.41) is 11.5. The highest BCUT2D eigenvalue weighted by atomic mass is 127. The zero-order valence-electron chi connectivity index (χ0n) is 17.5. The van der Waals surface area contributed by atoms with Crippen LogP contribution in [0.4, 0.5) is 0 Å². The largest absolute Gasteiger partial charge is 0.356 e. The Bertz CT molecular complexity index is 560. The van der Waals surface area contributed by atoms with E-state index in [-0.39, 0.29) is 29.4 Å². The fraction of sp³-hybridized carbons (Fsp3) is 0.789. The lowest BCUT2D eigenvalue weighted by Gasteiger charge is -2.28. The second-order valence-corrected chi connectivity index (χ2v) is 8.21. The van der Waals surface area contributed by atoms with E-state index < -0.39 is 0 Å². The maximum Gasteiger partial charge on any atom is 0.191 e. The average molecular weight is 463 g/mol. The Morgan fingerprint density at radius 1 is 1.24 bits per heavy atom. The fourth-order valence-electron chi connectivity index (χ4n) is 3.40. The standard InChI is InChI=1S/C19H37N5.HI/c1-13(2)11-19(6,7)12-21-18(20-8)22-14(3)10-17-15(4)23-24(9)16(17)5;/h13-14H,10-12H2,1-9H3,(H2,20,21,22);1H. The fourth-order valence-corrected chi connectivity index (χ4v) is 3.40. The molecule has 0 bridgehead atoms. The van der Waals surface area contributed by atoms with Crippen LogP contribution in [0.15, 0.2) is 4.99 Å². The number of nitrogens with one attached hydrogen (secondary N) is 2. The van der Waals surface area contributed by atoms with Crippen molar-refractivity contribution in [2.24, 2.45) is 23.4 Å². The van der Waals surface area contributed by atoms with Gasteiger partial charge in [0.2, 0.25) is 0 Å². The summed E-state index contributed by atoms with van der Waals surface area (Å²) in [7, 11) is 3.83. The molecule has 0 radical (unpaired) electrons. The first-order valence-electron chi connectivity index (χ1n) is 9.02. The molecule has 1 unspecified atom stereocenters. The zero-order valence-corrected chi connectivity index (χ0v) is 19.9. The van der Waals surface area contributed by atoms with Crippen molar-refractivity contribution in [1.29, 1.82) is 0 Å². The highest BCUT2D eigenvalue weighted by molar-refractivity contribution is 14.0. The van der Waals surface area contributed by atoms with Gasteiger partial charge in [-0.05, 0) is 50.5 Å². The van der Waals surface area contributed by atoms with E-state index in [0.29, 0.717) is 12.0 Å². The molecule has 0 saturated heterocycles. The monoisotopic (exact) mass is 463 g/mol. The molecule has 25 heavy (non-hydrogen) atoms. The van der Waals surface area contributed by atoms with Crippen LogP contribution in [0.3, 0.4) is 0 Å². The Labute approximate surface area is 171 Å². The number of aromatic nitrogens is 2. The molecule has 1 aromatic rings. The lowest BCUT2D eigenvalue weighted by molar-refractivity contribution is 0.286. The van der Waals surface area contributed by atoms with E-state index in [4.69, 9.17) is 0 Å². The minimum absolute atomic E-state index is 0. The molecule has 1 rings (SSSR count). The Hall–Kier alpha value is -0.790. The van der Waals surface area contributed by atoms with Crippen molar-refractivity contribution in [3.05, 3.63) is 17.0 Å². The molecule has 1 aromatic heterocycles. The Kier molecular flexibility index (Phi) is 10.1. The third-order valence-corrected chi connectivity index (χ3v) is 4.47. The maximum absolute atomic E-state index is 4.50. The molecule has 6 heteroatoms. The smallest absolute Gasteiger partial charge is 0.191 e. The minimum atomic E-state index is 0. The van der Waals surface area contributed by atoms with E-state index in [1.165, 1.54) is 17.7 Å². The first-order chi connectivity index (χ1) is 11.1. The average Bonchev–Trinajstić information content (AvgIpc) is 2.68. The Morgan fingerprint density at radius 2 is 1.84 bits per heavy atom. The molecule has 1 atom stereocenters. The summed E-state index contributed by atoms with van der Waals surface area (Å²) in [4.78, 5) is 4.38. The second kappa shape index (κ2) is 10.4. The van der Waals surface area contributed by atoms with Crippen molar-refractivity contribution >= 4 is 29.9 Å². The summed E-state index contributed by atoms with van der Waals surface area (Å²) in [5.74, 6) is 1.57. The molecule has 0 saturated carbocycles. The molecule has 0 aromatic carbocycles. The molecule has 0 spiro atoms. The minimum Gasteiger partial charge on any atom is -0.356 e. The van der Waals surface area contributed by atoms with E-state index in [1.54, 1.807) is 0 Å². The van der Waals surface area contributed by atoms with Gasteiger partial charge >= 0.3 is 0 Å². The number of rotatable bonds is 7. The SMILES string of the molecule is CN=C(NCC(C)(C)CC(C)C)NC(C)Cc1c(C)nn(C)c1C.I. The van der Waals surface area contributed by atoms with E-state index in [0.717, 1.165) is 24.6 Å². The van der Waals surface area contributed by atoms with Gasteiger partial charge < -0.3 is 10.6 Å². The van der Waals surface area contributed by atoms with Gasteiger partial charge in [0, 0.05) is 32.4 Å². The highest BCUT2D eigenvalue weighted by Gasteiger charge is 2.20. The number of hydrogen-bond acceptors (Lipinski definition) is 2. The van der Waals surface area contributed by atoms with Gasteiger partial charge in [0.1, 0.15) is 0 Å². The van der Waals surface area contributed by atoms with Gasteiger partial charge in [-0.1, -0.05) is 27.7 Å². The van der Waals surface area contributed by atoms with Crippen LogP contribution in [0.5, 0.6) is 0 Å². The second-order valence-electron chi connectivity index (χ2n) is 8.21. The van der Waals surface area contributed by atoms with Gasteiger partial charge in [0.15, 0.2) is 5.96 Å². The van der Waals surface area contributed by atoms with Crippen molar-refractivity contribution in [3.63, 3.8) is 0 Å². The predicted octanol–water partition coefficient (Wildman–Crippen LogP) is 3.82. The summed E-state index contributed by atoms with van der Waals surface area (Å²) in [6, 6.07) is 0.297. The summed E-state index contributed by atoms with van der Waals surface area (Å²) < 4.78 is 1.96. The number of aryl methyl sites for hydroxylation is 2. The maximum atomic E-state index is 4.50. The molecule has 146 valence electrons. The number of hydrogen-bond donors (Lipinski definition) is 2. The van der Waals surface area contributed by atoms with Crippen LogP contribution in [-0.4, -0.2) is 35.4 Å². The van der Waals surface area contributed by atoms with Crippen LogP contribution in [0.2, 0.25) is 0 Å². The first kappa shape index (κ1) is 24.2. The van der Waals surface area contributed by atoms with Crippen LogP contribution in [0.1, 0.15) is 58.0 Å². The third kappa shape index (κ3) is 7.96. The summed E-state index contributed by atoms with van der Waals surface area (Å²) in [5.41, 5.74) is 3.94. The topological polar surface area (TPSA) is 54.2 Å². The summed E-state index contributed by atoms with van der Waals surface area (Å²) >= 11 is 0. The van der Waals surface area contributed by atoms with Crippen molar-refractivity contribution in [1.82, 2.24) is 20.4 Å². The number of halogens is 1. The molecule has 0 aliphatic carbocycles. The molecular formula is C19H38IN5. The summed E-state index contributed by atoms with van der Waals surface area (Å²) in [6.45, 7) is 16.5. The molecular weight excluding hydrogens is 425 g/mol. The van der Waals surface area contributed by atoms with Crippen molar-refractivity contribution < 1.29 is 0 Å². The molecule has 1 heterocycles. The molecule has 5 nitrogen and oxygen atoms in total. The number of guanidine groups is 1. The van der Waals surface area contributed by atoms with E-state index in [1.807, 2.05) is 18.8 Å². The van der Waals surface area contributed by atoms with Gasteiger partial charge in [-0.3, -0.25) is 9.67 Å². The lowest BCUT2D eigenvalue weighted by atomic mass is 9.84. The van der Waals surface area contributed by atoms with Gasteiger partial charge in [-0.15, -0.1) is 24.0 Å². The van der Waals surface area contributed by atoms with Gasteiger partial charge in [0.25, 0.3) is 0 Å². The first-order valence-corrected chi connectivity index (χ1v) is 9.02. The predicted molar refractivity (Wildman–Crippen MR) is 119 cm³/mol. The van der Waals surface area contributed by atoms with E-state index in [2.05, 4.69) is 69.2 Å². The van der Waals surface area contributed by atoms with Crippen LogP contribution in [-0.2, 0) is 13.5 Å². The van der Waals surface area contributed by atoms with Crippen molar-refractivity contribution in [2.45, 2.75) is 67.3 Å². The number of nitrogens with zero attached hydrogens (tertiary/aromatic N) is 3. The van der Waals surface area contributed by atoms with Crippen LogP contribution < -0.4 is 10.6 Å². The Morgan fingerprint density at radius 3 is 2.28 bits per heavy atom. The normalized spacial score (nSPS) is 13.6. The summed E-state index contributed by atoms with van der Waals surface area (Å²) in [6.07, 6.45) is 2.14. The molecule has 2 N–H and O–H groups in total. The van der Waals surface area contributed by atoms with Gasteiger partial charge in [-0.2, -0.15) is 5.10 Å². The molecule has 0 amide bonds. The van der Waals surface area contributed by atoms with Crippen LogP contribution >= 0.6 is 24.0 Å². The Balaban J connectivity index is 0.00000576. The third-order valence-electron chi connectivity index (χ3n) is 4.47. The van der Waals surface area contributed by atoms with Gasteiger partial charge in [-0.25, -0.2) is 0 Å². The van der Waals surface area contributed by atoms with Gasteiger partial charge in [0.05, 0.1) is 5.69 Å². The van der Waals surface area contributed by atoms with Crippen molar-refractivity contribution in [3.8, 4) is 0 Å². The number of aliphatic imine (C=N–C) groups is 1. The molecule has 0 aliphatic heterocycles. The van der Waals surface area contributed by atoms with Crippen molar-refractivity contribution in [2.75, 3.05) is 13.6 Å². The van der Waals surface area contributed by atoms with Crippen LogP contribution in [0.25, 0.3) is 0 Å².